The van der Waals surface area contributed by atoms with Gasteiger partial charge in [-0.15, -0.1) is 5.10 Å². The first-order chi connectivity index (χ1) is 5.42. The first kappa shape index (κ1) is 6.34. The lowest BCUT2D eigenvalue weighted by Gasteiger charge is -1.93. The van der Waals surface area contributed by atoms with Gasteiger partial charge in [-0.2, -0.15) is 0 Å². The van der Waals surface area contributed by atoms with Crippen LogP contribution >= 0.6 is 0 Å². The van der Waals surface area contributed by atoms with E-state index in [1.165, 1.54) is 0 Å². The van der Waals surface area contributed by atoms with Crippen molar-refractivity contribution in [1.82, 2.24) is 15.0 Å². The summed E-state index contributed by atoms with van der Waals surface area (Å²) in [5, 5.41) is 7.98. The van der Waals surface area contributed by atoms with Crippen molar-refractivity contribution in [3.63, 3.8) is 0 Å². The zero-order valence-electron chi connectivity index (χ0n) is 6.36. The predicted octanol–water partition coefficient (Wildman–Crippen LogP) is 1.45. The van der Waals surface area contributed by atoms with Crippen LogP contribution in [0.15, 0.2) is 24.3 Å². The second-order valence-corrected chi connectivity index (χ2v) is 2.39. The van der Waals surface area contributed by atoms with Crippen molar-refractivity contribution in [2.24, 2.45) is 0 Å². The Bertz CT molecular complexity index is 364. The molecule has 0 aliphatic heterocycles. The number of para-hydroxylation sites is 1. The highest BCUT2D eigenvalue weighted by atomic mass is 15.4. The van der Waals surface area contributed by atoms with Crippen molar-refractivity contribution in [3.05, 3.63) is 24.3 Å². The van der Waals surface area contributed by atoms with Crippen molar-refractivity contribution in [2.45, 2.75) is 13.5 Å². The van der Waals surface area contributed by atoms with E-state index in [9.17, 15) is 0 Å². The summed E-state index contributed by atoms with van der Waals surface area (Å²) >= 11 is 0. The highest BCUT2D eigenvalue weighted by molar-refractivity contribution is 5.73. The van der Waals surface area contributed by atoms with Crippen LogP contribution in [0.1, 0.15) is 6.92 Å². The van der Waals surface area contributed by atoms with E-state index in [2.05, 4.69) is 17.2 Å². The SMILES string of the molecule is CCn1nnc2ccccc21. The molecule has 0 saturated heterocycles. The first-order valence-electron chi connectivity index (χ1n) is 3.70. The van der Waals surface area contributed by atoms with E-state index in [1.807, 2.05) is 28.9 Å². The predicted molar refractivity (Wildman–Crippen MR) is 43.2 cm³/mol. The number of rotatable bonds is 1. The summed E-state index contributed by atoms with van der Waals surface area (Å²) in [5.74, 6) is 0. The maximum absolute atomic E-state index is 4.00. The number of hydrogen-bond acceptors (Lipinski definition) is 2. The molecule has 0 aliphatic carbocycles. The second-order valence-electron chi connectivity index (χ2n) is 2.39. The second kappa shape index (κ2) is 2.34. The van der Waals surface area contributed by atoms with Crippen molar-refractivity contribution >= 4 is 11.0 Å². The van der Waals surface area contributed by atoms with Gasteiger partial charge in [0.1, 0.15) is 5.52 Å². The van der Waals surface area contributed by atoms with Crippen LogP contribution in [0.3, 0.4) is 0 Å². The van der Waals surface area contributed by atoms with Gasteiger partial charge in [-0.25, -0.2) is 4.68 Å². The molecular formula is C8H9N3. The molecule has 0 radical (unpaired) electrons. The third kappa shape index (κ3) is 0.888. The van der Waals surface area contributed by atoms with Gasteiger partial charge in [0.05, 0.1) is 5.52 Å². The maximum atomic E-state index is 4.00. The molecule has 11 heavy (non-hydrogen) atoms. The van der Waals surface area contributed by atoms with Crippen molar-refractivity contribution in [2.75, 3.05) is 0 Å². The van der Waals surface area contributed by atoms with Crippen LogP contribution < -0.4 is 0 Å². The monoisotopic (exact) mass is 147 g/mol. The highest BCUT2D eigenvalue weighted by Crippen LogP contribution is 2.08. The minimum absolute atomic E-state index is 0.876. The fourth-order valence-corrected chi connectivity index (χ4v) is 1.15. The Balaban J connectivity index is 2.76. The van der Waals surface area contributed by atoms with E-state index < -0.39 is 0 Å². The number of benzene rings is 1. The Morgan fingerprint density at radius 3 is 3.00 bits per heavy atom. The Hall–Kier alpha value is -1.38. The molecule has 0 atom stereocenters. The standard InChI is InChI=1S/C8H9N3/c1-2-11-8-6-4-3-5-7(8)9-10-11/h3-6H,2H2,1H3. The fourth-order valence-electron chi connectivity index (χ4n) is 1.15. The largest absolute Gasteiger partial charge is 0.245 e. The summed E-state index contributed by atoms with van der Waals surface area (Å²) in [7, 11) is 0. The van der Waals surface area contributed by atoms with Gasteiger partial charge in [0.2, 0.25) is 0 Å². The third-order valence-electron chi connectivity index (χ3n) is 1.72. The number of fused-ring (bicyclic) bond motifs is 1. The number of aryl methyl sites for hydroxylation is 1. The molecule has 0 saturated carbocycles. The molecule has 1 aromatic heterocycles. The molecule has 1 heterocycles. The topological polar surface area (TPSA) is 30.7 Å². The molecule has 56 valence electrons. The first-order valence-corrected chi connectivity index (χ1v) is 3.70. The van der Waals surface area contributed by atoms with Crippen LogP contribution in [0.2, 0.25) is 0 Å². The van der Waals surface area contributed by atoms with Gasteiger partial charge in [-0.05, 0) is 19.1 Å². The molecule has 0 bridgehead atoms. The minimum atomic E-state index is 0.876. The minimum Gasteiger partial charge on any atom is -0.245 e. The molecule has 0 unspecified atom stereocenters. The summed E-state index contributed by atoms with van der Waals surface area (Å²) in [6, 6.07) is 7.96. The summed E-state index contributed by atoms with van der Waals surface area (Å²) < 4.78 is 1.88. The average molecular weight is 147 g/mol. The van der Waals surface area contributed by atoms with E-state index in [4.69, 9.17) is 0 Å². The fraction of sp³-hybridized carbons (Fsp3) is 0.250. The zero-order valence-corrected chi connectivity index (χ0v) is 6.36. The van der Waals surface area contributed by atoms with Crippen LogP contribution in [0.25, 0.3) is 11.0 Å². The van der Waals surface area contributed by atoms with Crippen LogP contribution in [-0.2, 0) is 6.54 Å². The van der Waals surface area contributed by atoms with E-state index >= 15 is 0 Å². The average Bonchev–Trinajstić information content (AvgIpc) is 2.47. The molecular weight excluding hydrogens is 138 g/mol. The smallest absolute Gasteiger partial charge is 0.113 e. The lowest BCUT2D eigenvalue weighted by molar-refractivity contribution is 0.646. The summed E-state index contributed by atoms with van der Waals surface area (Å²) in [6.07, 6.45) is 0. The van der Waals surface area contributed by atoms with Gasteiger partial charge < -0.3 is 0 Å². The molecule has 0 spiro atoms. The molecule has 1 aromatic carbocycles. The molecule has 2 aromatic rings. The maximum Gasteiger partial charge on any atom is 0.113 e. The Morgan fingerprint density at radius 1 is 1.36 bits per heavy atom. The van der Waals surface area contributed by atoms with Gasteiger partial charge >= 0.3 is 0 Å². The van der Waals surface area contributed by atoms with E-state index in [0.717, 1.165) is 17.6 Å². The molecule has 0 aliphatic rings. The molecule has 0 N–H and O–H groups in total. The summed E-state index contributed by atoms with van der Waals surface area (Å²) in [5.41, 5.74) is 2.07. The van der Waals surface area contributed by atoms with Gasteiger partial charge in [0.15, 0.2) is 0 Å². The van der Waals surface area contributed by atoms with Gasteiger partial charge in [-0.3, -0.25) is 0 Å². The highest BCUT2D eigenvalue weighted by Gasteiger charge is 1.98. The van der Waals surface area contributed by atoms with Crippen LogP contribution in [0, 0.1) is 0 Å². The molecule has 3 heteroatoms. The molecule has 0 fully saturated rings. The van der Waals surface area contributed by atoms with Gasteiger partial charge in [0.25, 0.3) is 0 Å². The third-order valence-corrected chi connectivity index (χ3v) is 1.72. The normalized spacial score (nSPS) is 10.6. The lowest BCUT2D eigenvalue weighted by atomic mass is 10.3. The van der Waals surface area contributed by atoms with Crippen LogP contribution in [0.5, 0.6) is 0 Å². The quantitative estimate of drug-likeness (QED) is 0.611. The van der Waals surface area contributed by atoms with Crippen LogP contribution in [-0.4, -0.2) is 15.0 Å². The van der Waals surface area contributed by atoms with Crippen molar-refractivity contribution in [1.29, 1.82) is 0 Å². The zero-order chi connectivity index (χ0) is 7.68. The molecule has 3 nitrogen and oxygen atoms in total. The Labute approximate surface area is 64.6 Å². The lowest BCUT2D eigenvalue weighted by Crippen LogP contribution is -1.95. The summed E-state index contributed by atoms with van der Waals surface area (Å²) in [4.78, 5) is 0. The number of hydrogen-bond donors (Lipinski definition) is 0. The number of aromatic nitrogens is 3. The van der Waals surface area contributed by atoms with E-state index in [0.29, 0.717) is 0 Å². The number of nitrogens with zero attached hydrogens (tertiary/aromatic N) is 3. The van der Waals surface area contributed by atoms with Gasteiger partial charge in [-0.1, -0.05) is 17.3 Å². The van der Waals surface area contributed by atoms with E-state index in [-0.39, 0.29) is 0 Å². The Morgan fingerprint density at radius 2 is 2.18 bits per heavy atom. The molecule has 2 rings (SSSR count). The van der Waals surface area contributed by atoms with Crippen molar-refractivity contribution in [3.8, 4) is 0 Å². The Kier molecular flexibility index (Phi) is 1.35. The van der Waals surface area contributed by atoms with Crippen LogP contribution in [0.4, 0.5) is 0 Å². The molecule has 0 amide bonds. The summed E-state index contributed by atoms with van der Waals surface area (Å²) in [6.45, 7) is 2.93. The van der Waals surface area contributed by atoms with Crippen molar-refractivity contribution < 1.29 is 0 Å². The van der Waals surface area contributed by atoms with E-state index in [1.54, 1.807) is 0 Å². The van der Waals surface area contributed by atoms with Gasteiger partial charge in [0, 0.05) is 6.54 Å².